The van der Waals surface area contributed by atoms with Crippen LogP contribution in [-0.2, 0) is 19.1 Å². The van der Waals surface area contributed by atoms with Crippen molar-refractivity contribution in [3.63, 3.8) is 0 Å². The van der Waals surface area contributed by atoms with Gasteiger partial charge in [0, 0.05) is 33.4 Å². The molecule has 6 nitrogen and oxygen atoms in total. The number of carbonyl (C=O) groups is 2. The Bertz CT molecular complexity index is 997. The number of halogens is 2. The molecule has 0 saturated heterocycles. The molecule has 0 spiro atoms. The van der Waals surface area contributed by atoms with Crippen LogP contribution in [0.3, 0.4) is 0 Å². The highest BCUT2D eigenvalue weighted by Gasteiger charge is 2.43. The van der Waals surface area contributed by atoms with Gasteiger partial charge in [-0.15, -0.1) is 0 Å². The first-order valence-electron chi connectivity index (χ1n) is 9.77. The van der Waals surface area contributed by atoms with E-state index in [2.05, 4.69) is 0 Å². The van der Waals surface area contributed by atoms with E-state index in [9.17, 15) is 18.4 Å². The number of ether oxygens (including phenoxy) is 2. The van der Waals surface area contributed by atoms with Crippen LogP contribution in [-0.4, -0.2) is 57.2 Å². The Hall–Kier alpha value is -3.10. The summed E-state index contributed by atoms with van der Waals surface area (Å²) in [4.78, 5) is 29.2. The highest BCUT2D eigenvalue weighted by molar-refractivity contribution is 6.45. The number of nitrogens with zero attached hydrogens (tertiary/aromatic N) is 2. The van der Waals surface area contributed by atoms with Gasteiger partial charge in [0.05, 0.1) is 24.5 Å². The zero-order valence-electron chi connectivity index (χ0n) is 17.7. The maximum atomic E-state index is 14.5. The van der Waals surface area contributed by atoms with Crippen molar-refractivity contribution in [3.05, 3.63) is 70.9 Å². The highest BCUT2D eigenvalue weighted by atomic mass is 19.1. The Morgan fingerprint density at radius 1 is 0.903 bits per heavy atom. The predicted octanol–water partition coefficient (Wildman–Crippen LogP) is 3.15. The van der Waals surface area contributed by atoms with Gasteiger partial charge < -0.3 is 14.4 Å². The third-order valence-corrected chi connectivity index (χ3v) is 5.00. The molecule has 8 heteroatoms. The number of hydrogen-bond donors (Lipinski definition) is 0. The first-order valence-corrected chi connectivity index (χ1v) is 9.77. The molecule has 3 rings (SSSR count). The number of imide groups is 1. The summed E-state index contributed by atoms with van der Waals surface area (Å²) in [6.07, 6.45) is 0. The molecule has 1 aliphatic rings. The minimum atomic E-state index is -0.868. The summed E-state index contributed by atoms with van der Waals surface area (Å²) in [6.45, 7) is 3.11. The van der Waals surface area contributed by atoms with Crippen LogP contribution in [0, 0.1) is 18.6 Å². The zero-order chi connectivity index (χ0) is 22.5. The third-order valence-electron chi connectivity index (χ3n) is 5.00. The van der Waals surface area contributed by atoms with Gasteiger partial charge >= 0.3 is 0 Å². The lowest BCUT2D eigenvalue weighted by molar-refractivity contribution is -0.120. The van der Waals surface area contributed by atoms with Crippen LogP contribution in [0.15, 0.2) is 48.2 Å². The molecular weight excluding hydrogens is 406 g/mol. The van der Waals surface area contributed by atoms with Gasteiger partial charge in [0.2, 0.25) is 0 Å². The van der Waals surface area contributed by atoms with Crippen LogP contribution >= 0.6 is 0 Å². The summed E-state index contributed by atoms with van der Waals surface area (Å²) in [7, 11) is 3.06. The summed E-state index contributed by atoms with van der Waals surface area (Å²) in [5, 5.41) is 0. The molecule has 31 heavy (non-hydrogen) atoms. The molecule has 2 aromatic carbocycles. The van der Waals surface area contributed by atoms with E-state index in [-0.39, 0.29) is 11.3 Å². The molecule has 2 amide bonds. The van der Waals surface area contributed by atoms with E-state index in [1.54, 1.807) is 17.0 Å². The van der Waals surface area contributed by atoms with Crippen molar-refractivity contribution >= 4 is 23.1 Å². The molecule has 1 aliphatic heterocycles. The summed E-state index contributed by atoms with van der Waals surface area (Å²) < 4.78 is 38.6. The van der Waals surface area contributed by atoms with E-state index >= 15 is 0 Å². The number of amides is 2. The zero-order valence-corrected chi connectivity index (χ0v) is 17.7. The fraction of sp³-hybridized carbons (Fsp3) is 0.304. The minimum absolute atomic E-state index is 0.103. The second-order valence-corrected chi connectivity index (χ2v) is 7.10. The highest BCUT2D eigenvalue weighted by Crippen LogP contribution is 2.36. The average Bonchev–Trinajstić information content (AvgIpc) is 3.01. The number of benzene rings is 2. The molecule has 0 aromatic heterocycles. The molecule has 2 aromatic rings. The summed E-state index contributed by atoms with van der Waals surface area (Å²) >= 11 is 0. The number of carbonyl (C=O) groups excluding carboxylic acids is 2. The largest absolute Gasteiger partial charge is 0.383 e. The summed E-state index contributed by atoms with van der Waals surface area (Å²) in [6, 6.07) is 9.76. The standard InChI is InChI=1S/C23H24F2N2O4/c1-15-4-6-16(7-5-15)20-21(26(10-12-30-2)11-13-31-3)23(29)27(22(20)28)19-14-17(24)8-9-18(19)25/h4-9,14H,10-13H2,1-3H3. The number of anilines is 1. The lowest BCUT2D eigenvalue weighted by Gasteiger charge is -2.25. The molecule has 0 saturated carbocycles. The monoisotopic (exact) mass is 430 g/mol. The second kappa shape index (κ2) is 9.80. The molecule has 0 N–H and O–H groups in total. The summed E-state index contributed by atoms with van der Waals surface area (Å²) in [5.74, 6) is -3.06. The fourth-order valence-electron chi connectivity index (χ4n) is 3.41. The van der Waals surface area contributed by atoms with Crippen molar-refractivity contribution in [1.82, 2.24) is 4.90 Å². The maximum Gasteiger partial charge on any atom is 0.282 e. The smallest absolute Gasteiger partial charge is 0.282 e. The number of aryl methyl sites for hydroxylation is 1. The molecule has 0 unspecified atom stereocenters. The normalized spacial score (nSPS) is 14.0. The van der Waals surface area contributed by atoms with Gasteiger partial charge in [-0.1, -0.05) is 29.8 Å². The predicted molar refractivity (Wildman–Crippen MR) is 112 cm³/mol. The van der Waals surface area contributed by atoms with Crippen LogP contribution in [0.25, 0.3) is 5.57 Å². The van der Waals surface area contributed by atoms with Crippen LogP contribution in [0.4, 0.5) is 14.5 Å². The maximum absolute atomic E-state index is 14.5. The molecule has 0 aliphatic carbocycles. The number of methoxy groups -OCH3 is 2. The Balaban J connectivity index is 2.16. The van der Waals surface area contributed by atoms with Gasteiger partial charge in [0.1, 0.15) is 17.3 Å². The summed E-state index contributed by atoms with van der Waals surface area (Å²) in [5.41, 5.74) is 1.30. The second-order valence-electron chi connectivity index (χ2n) is 7.10. The Morgan fingerprint density at radius 3 is 2.10 bits per heavy atom. The molecule has 0 atom stereocenters. The van der Waals surface area contributed by atoms with Gasteiger partial charge in [0.15, 0.2) is 0 Å². The van der Waals surface area contributed by atoms with Crippen LogP contribution < -0.4 is 4.90 Å². The van der Waals surface area contributed by atoms with Gasteiger partial charge in [-0.2, -0.15) is 0 Å². The van der Waals surface area contributed by atoms with Gasteiger partial charge in [-0.25, -0.2) is 13.7 Å². The number of hydrogen-bond acceptors (Lipinski definition) is 5. The van der Waals surface area contributed by atoms with Crippen LogP contribution in [0.5, 0.6) is 0 Å². The third kappa shape index (κ3) is 4.65. The van der Waals surface area contributed by atoms with E-state index in [1.165, 1.54) is 14.2 Å². The Morgan fingerprint density at radius 2 is 1.52 bits per heavy atom. The van der Waals surface area contributed by atoms with E-state index in [4.69, 9.17) is 9.47 Å². The van der Waals surface area contributed by atoms with E-state index in [0.29, 0.717) is 36.8 Å². The first-order chi connectivity index (χ1) is 14.9. The van der Waals surface area contributed by atoms with E-state index in [1.807, 2.05) is 19.1 Å². The molecule has 0 bridgehead atoms. The van der Waals surface area contributed by atoms with Gasteiger partial charge in [0.25, 0.3) is 11.8 Å². The van der Waals surface area contributed by atoms with Gasteiger partial charge in [-0.3, -0.25) is 9.59 Å². The lowest BCUT2D eigenvalue weighted by atomic mass is 10.0. The van der Waals surface area contributed by atoms with Crippen LogP contribution in [0.1, 0.15) is 11.1 Å². The van der Waals surface area contributed by atoms with Crippen molar-refractivity contribution in [2.75, 3.05) is 45.4 Å². The van der Waals surface area contributed by atoms with Crippen molar-refractivity contribution < 1.29 is 27.8 Å². The average molecular weight is 430 g/mol. The fourth-order valence-corrected chi connectivity index (χ4v) is 3.41. The molecule has 0 fully saturated rings. The van der Waals surface area contributed by atoms with E-state index < -0.39 is 29.1 Å². The van der Waals surface area contributed by atoms with Crippen molar-refractivity contribution in [1.29, 1.82) is 0 Å². The van der Waals surface area contributed by atoms with Crippen molar-refractivity contribution in [3.8, 4) is 0 Å². The molecular formula is C23H24F2N2O4. The lowest BCUT2D eigenvalue weighted by Crippen LogP contribution is -2.38. The van der Waals surface area contributed by atoms with Gasteiger partial charge in [-0.05, 0) is 24.6 Å². The topological polar surface area (TPSA) is 59.1 Å². The van der Waals surface area contributed by atoms with Crippen LogP contribution in [0.2, 0.25) is 0 Å². The Labute approximate surface area is 179 Å². The molecule has 0 radical (unpaired) electrons. The Kier molecular flexibility index (Phi) is 7.14. The molecule has 1 heterocycles. The quantitative estimate of drug-likeness (QED) is 0.572. The molecule has 164 valence electrons. The van der Waals surface area contributed by atoms with Crippen molar-refractivity contribution in [2.24, 2.45) is 0 Å². The number of rotatable bonds is 9. The SMILES string of the molecule is COCCN(CCOC)C1=C(c2ccc(C)cc2)C(=O)N(c2cc(F)ccc2F)C1=O. The minimum Gasteiger partial charge on any atom is -0.383 e. The first kappa shape index (κ1) is 22.6. The van der Waals surface area contributed by atoms with E-state index in [0.717, 1.165) is 23.8 Å². The van der Waals surface area contributed by atoms with Crippen molar-refractivity contribution in [2.45, 2.75) is 6.92 Å².